The fourth-order valence-electron chi connectivity index (χ4n) is 2.55. The van der Waals surface area contributed by atoms with Gasteiger partial charge in [0.05, 0.1) is 5.56 Å². The molecule has 1 N–H and O–H groups in total. The molecular formula is C18H14O2. The van der Waals surface area contributed by atoms with Gasteiger partial charge in [0.1, 0.15) is 0 Å². The Hall–Kier alpha value is -2.61. The predicted molar refractivity (Wildman–Crippen MR) is 81.1 cm³/mol. The number of carboxylic acids is 1. The maximum atomic E-state index is 11.5. The molecule has 0 bridgehead atoms. The van der Waals surface area contributed by atoms with E-state index in [1.165, 1.54) is 0 Å². The summed E-state index contributed by atoms with van der Waals surface area (Å²) >= 11 is 0. The summed E-state index contributed by atoms with van der Waals surface area (Å²) in [5.74, 6) is -0.883. The third-order valence-electron chi connectivity index (χ3n) is 3.55. The first-order valence-corrected chi connectivity index (χ1v) is 6.49. The summed E-state index contributed by atoms with van der Waals surface area (Å²) in [7, 11) is 0. The Morgan fingerprint density at radius 3 is 2.40 bits per heavy atom. The van der Waals surface area contributed by atoms with Gasteiger partial charge >= 0.3 is 5.97 Å². The molecule has 2 nitrogen and oxygen atoms in total. The van der Waals surface area contributed by atoms with E-state index in [0.29, 0.717) is 5.56 Å². The lowest BCUT2D eigenvalue weighted by molar-refractivity contribution is 0.0697. The first kappa shape index (κ1) is 12.4. The maximum absolute atomic E-state index is 11.5. The van der Waals surface area contributed by atoms with Crippen LogP contribution in [0.5, 0.6) is 0 Å². The molecular weight excluding hydrogens is 248 g/mol. The SMILES string of the molecule is Cc1cccc(-c2ccc3ccccc3c2)c1C(=O)O. The van der Waals surface area contributed by atoms with Gasteiger partial charge in [0.2, 0.25) is 0 Å². The molecule has 3 rings (SSSR count). The van der Waals surface area contributed by atoms with Crippen LogP contribution in [-0.2, 0) is 0 Å². The summed E-state index contributed by atoms with van der Waals surface area (Å²) in [4.78, 5) is 11.5. The van der Waals surface area contributed by atoms with E-state index in [1.807, 2.05) is 67.6 Å². The van der Waals surface area contributed by atoms with Gasteiger partial charge in [0.25, 0.3) is 0 Å². The largest absolute Gasteiger partial charge is 0.478 e. The van der Waals surface area contributed by atoms with Crippen molar-refractivity contribution in [2.75, 3.05) is 0 Å². The third kappa shape index (κ3) is 2.05. The molecule has 0 saturated heterocycles. The van der Waals surface area contributed by atoms with Crippen molar-refractivity contribution in [2.24, 2.45) is 0 Å². The number of carboxylic acid groups (broad SMARTS) is 1. The van der Waals surface area contributed by atoms with Crippen molar-refractivity contribution >= 4 is 16.7 Å². The number of benzene rings is 3. The summed E-state index contributed by atoms with van der Waals surface area (Å²) in [6.07, 6.45) is 0. The third-order valence-corrected chi connectivity index (χ3v) is 3.55. The highest BCUT2D eigenvalue weighted by Crippen LogP contribution is 2.29. The molecule has 0 aliphatic heterocycles. The van der Waals surface area contributed by atoms with Crippen molar-refractivity contribution in [1.29, 1.82) is 0 Å². The Morgan fingerprint density at radius 1 is 0.900 bits per heavy atom. The predicted octanol–water partition coefficient (Wildman–Crippen LogP) is 4.51. The molecule has 2 heteroatoms. The first-order valence-electron chi connectivity index (χ1n) is 6.49. The van der Waals surface area contributed by atoms with Crippen LogP contribution in [0.4, 0.5) is 0 Å². The zero-order chi connectivity index (χ0) is 14.1. The molecule has 0 unspecified atom stereocenters. The Bertz CT molecular complexity index is 803. The Kier molecular flexibility index (Phi) is 2.99. The zero-order valence-electron chi connectivity index (χ0n) is 11.1. The summed E-state index contributed by atoms with van der Waals surface area (Å²) in [6, 6.07) is 19.7. The van der Waals surface area contributed by atoms with Gasteiger partial charge in [0.15, 0.2) is 0 Å². The number of hydrogen-bond acceptors (Lipinski definition) is 1. The number of fused-ring (bicyclic) bond motifs is 1. The van der Waals surface area contributed by atoms with Crippen LogP contribution in [0.1, 0.15) is 15.9 Å². The van der Waals surface area contributed by atoms with E-state index in [-0.39, 0.29) is 0 Å². The Morgan fingerprint density at radius 2 is 1.65 bits per heavy atom. The molecule has 3 aromatic rings. The van der Waals surface area contributed by atoms with Crippen LogP contribution in [0.3, 0.4) is 0 Å². The van der Waals surface area contributed by atoms with Gasteiger partial charge in [-0.2, -0.15) is 0 Å². The van der Waals surface area contributed by atoms with Gasteiger partial charge in [-0.3, -0.25) is 0 Å². The first-order chi connectivity index (χ1) is 9.66. The second-order valence-corrected chi connectivity index (χ2v) is 4.86. The van der Waals surface area contributed by atoms with Crippen LogP contribution in [0.2, 0.25) is 0 Å². The second-order valence-electron chi connectivity index (χ2n) is 4.86. The van der Waals surface area contributed by atoms with Crippen LogP contribution in [0, 0.1) is 6.92 Å². The van der Waals surface area contributed by atoms with Crippen LogP contribution < -0.4 is 0 Å². The highest BCUT2D eigenvalue weighted by atomic mass is 16.4. The minimum absolute atomic E-state index is 0.378. The zero-order valence-corrected chi connectivity index (χ0v) is 11.1. The van der Waals surface area contributed by atoms with Crippen molar-refractivity contribution < 1.29 is 9.90 Å². The topological polar surface area (TPSA) is 37.3 Å². The summed E-state index contributed by atoms with van der Waals surface area (Å²) in [5, 5.41) is 11.7. The summed E-state index contributed by atoms with van der Waals surface area (Å²) in [6.45, 7) is 1.83. The van der Waals surface area contributed by atoms with Gasteiger partial charge in [0, 0.05) is 0 Å². The molecule has 0 fully saturated rings. The molecule has 0 aliphatic rings. The van der Waals surface area contributed by atoms with Gasteiger partial charge in [-0.05, 0) is 40.5 Å². The molecule has 0 atom stereocenters. The maximum Gasteiger partial charge on any atom is 0.336 e. The molecule has 0 aliphatic carbocycles. The summed E-state index contributed by atoms with van der Waals surface area (Å²) < 4.78 is 0. The number of hydrogen-bond donors (Lipinski definition) is 1. The Balaban J connectivity index is 2.25. The van der Waals surface area contributed by atoms with Gasteiger partial charge in [-0.1, -0.05) is 54.6 Å². The van der Waals surface area contributed by atoms with E-state index < -0.39 is 5.97 Å². The van der Waals surface area contributed by atoms with E-state index >= 15 is 0 Å². The molecule has 0 spiro atoms. The molecule has 3 aromatic carbocycles. The fourth-order valence-corrected chi connectivity index (χ4v) is 2.55. The lowest BCUT2D eigenvalue weighted by atomic mass is 9.94. The van der Waals surface area contributed by atoms with E-state index in [0.717, 1.165) is 27.5 Å². The lowest BCUT2D eigenvalue weighted by Crippen LogP contribution is -2.02. The minimum atomic E-state index is -0.883. The van der Waals surface area contributed by atoms with E-state index in [1.54, 1.807) is 0 Å². The minimum Gasteiger partial charge on any atom is -0.478 e. The van der Waals surface area contributed by atoms with Crippen molar-refractivity contribution in [3.63, 3.8) is 0 Å². The Labute approximate surface area is 117 Å². The van der Waals surface area contributed by atoms with Gasteiger partial charge < -0.3 is 5.11 Å². The number of carbonyl (C=O) groups is 1. The standard InChI is InChI=1S/C18H14O2/c1-12-5-4-8-16(17(12)18(19)20)15-10-9-13-6-2-3-7-14(13)11-15/h2-11H,1H3,(H,19,20). The van der Waals surface area contributed by atoms with E-state index in [9.17, 15) is 9.90 Å². The lowest BCUT2D eigenvalue weighted by Gasteiger charge is -2.10. The molecule has 0 aromatic heterocycles. The number of rotatable bonds is 2. The molecule has 20 heavy (non-hydrogen) atoms. The highest BCUT2D eigenvalue weighted by Gasteiger charge is 2.14. The van der Waals surface area contributed by atoms with Crippen molar-refractivity contribution in [2.45, 2.75) is 6.92 Å². The van der Waals surface area contributed by atoms with Crippen LogP contribution in [0.25, 0.3) is 21.9 Å². The van der Waals surface area contributed by atoms with Crippen LogP contribution >= 0.6 is 0 Å². The average molecular weight is 262 g/mol. The van der Waals surface area contributed by atoms with Crippen LogP contribution in [0.15, 0.2) is 60.7 Å². The smallest absolute Gasteiger partial charge is 0.336 e. The molecule has 0 saturated carbocycles. The van der Waals surface area contributed by atoms with Crippen molar-refractivity contribution in [3.8, 4) is 11.1 Å². The number of aromatic carboxylic acids is 1. The van der Waals surface area contributed by atoms with E-state index in [2.05, 4.69) is 0 Å². The van der Waals surface area contributed by atoms with Gasteiger partial charge in [-0.15, -0.1) is 0 Å². The van der Waals surface area contributed by atoms with E-state index in [4.69, 9.17) is 0 Å². The monoisotopic (exact) mass is 262 g/mol. The molecule has 0 amide bonds. The molecule has 98 valence electrons. The fraction of sp³-hybridized carbons (Fsp3) is 0.0556. The van der Waals surface area contributed by atoms with Crippen molar-refractivity contribution in [1.82, 2.24) is 0 Å². The quantitative estimate of drug-likeness (QED) is 0.737. The molecule has 0 heterocycles. The van der Waals surface area contributed by atoms with Crippen molar-refractivity contribution in [3.05, 3.63) is 71.8 Å². The normalized spacial score (nSPS) is 10.7. The second kappa shape index (κ2) is 4.82. The average Bonchev–Trinajstić information content (AvgIpc) is 2.46. The van der Waals surface area contributed by atoms with Crippen LogP contribution in [-0.4, -0.2) is 11.1 Å². The molecule has 0 radical (unpaired) electrons. The van der Waals surface area contributed by atoms with Gasteiger partial charge in [-0.25, -0.2) is 4.79 Å². The summed E-state index contributed by atoms with van der Waals surface area (Å²) in [5.41, 5.74) is 2.86. The number of aryl methyl sites for hydroxylation is 1. The highest BCUT2D eigenvalue weighted by molar-refractivity contribution is 5.99.